The second-order valence-electron chi connectivity index (χ2n) is 4.79. The van der Waals surface area contributed by atoms with Crippen LogP contribution in [0.25, 0.3) is 10.4 Å². The molecule has 4 nitrogen and oxygen atoms in total. The summed E-state index contributed by atoms with van der Waals surface area (Å²) in [6.07, 6.45) is 1.67. The molecule has 0 aliphatic heterocycles. The molecule has 6 heteroatoms. The fourth-order valence-electron chi connectivity index (χ4n) is 2.07. The van der Waals surface area contributed by atoms with Crippen molar-refractivity contribution in [3.63, 3.8) is 0 Å². The molecule has 0 saturated heterocycles. The van der Waals surface area contributed by atoms with Crippen LogP contribution < -0.4 is 10.3 Å². The number of thioether (sulfide) groups is 1. The van der Waals surface area contributed by atoms with Gasteiger partial charge in [-0.2, -0.15) is 0 Å². The van der Waals surface area contributed by atoms with E-state index in [9.17, 15) is 9.90 Å². The molecule has 0 amide bonds. The summed E-state index contributed by atoms with van der Waals surface area (Å²) in [4.78, 5) is 12.9. The fourth-order valence-corrected chi connectivity index (χ4v) is 4.11. The van der Waals surface area contributed by atoms with Gasteiger partial charge in [0, 0.05) is 11.1 Å². The number of aromatic nitrogens is 1. The lowest BCUT2D eigenvalue weighted by molar-refractivity contribution is 0.415. The van der Waals surface area contributed by atoms with E-state index in [1.54, 1.807) is 42.5 Å². The summed E-state index contributed by atoms with van der Waals surface area (Å²) >= 11 is 3.24. The van der Waals surface area contributed by atoms with Crippen molar-refractivity contribution >= 4 is 23.1 Å². The fraction of sp³-hybridized carbons (Fsp3) is 0.118. The van der Waals surface area contributed by atoms with Crippen LogP contribution in [0.15, 0.2) is 63.7 Å². The van der Waals surface area contributed by atoms with Crippen LogP contribution in [-0.4, -0.2) is 16.8 Å². The predicted molar refractivity (Wildman–Crippen MR) is 94.5 cm³/mol. The van der Waals surface area contributed by atoms with Gasteiger partial charge < -0.3 is 14.4 Å². The highest BCUT2D eigenvalue weighted by atomic mass is 32.2. The predicted octanol–water partition coefficient (Wildman–Crippen LogP) is 4.04. The Bertz CT molecular complexity index is 853. The van der Waals surface area contributed by atoms with E-state index in [0.717, 1.165) is 15.5 Å². The van der Waals surface area contributed by atoms with Crippen molar-refractivity contribution in [2.75, 3.05) is 7.11 Å². The summed E-state index contributed by atoms with van der Waals surface area (Å²) < 4.78 is 7.77. The van der Waals surface area contributed by atoms with E-state index in [-0.39, 0.29) is 11.3 Å². The maximum atomic E-state index is 11.8. The molecule has 1 N–H and O–H groups in total. The van der Waals surface area contributed by atoms with Crippen molar-refractivity contribution in [2.24, 2.45) is 0 Å². The number of aromatic hydroxyl groups is 1. The Balaban J connectivity index is 1.72. The van der Waals surface area contributed by atoms with Gasteiger partial charge in [0.2, 0.25) is 0 Å². The molecule has 3 rings (SSSR count). The van der Waals surface area contributed by atoms with Gasteiger partial charge in [-0.05, 0) is 54.1 Å². The number of hydrogen-bond donors (Lipinski definition) is 1. The summed E-state index contributed by atoms with van der Waals surface area (Å²) in [5.74, 6) is 1.08. The molecule has 3 aromatic rings. The molecule has 0 bridgehead atoms. The molecule has 0 saturated carbocycles. The zero-order valence-electron chi connectivity index (χ0n) is 12.4. The normalized spacial score (nSPS) is 10.7. The zero-order valence-corrected chi connectivity index (χ0v) is 14.1. The van der Waals surface area contributed by atoms with E-state index in [1.807, 2.05) is 30.3 Å². The molecule has 0 atom stereocenters. The number of pyridine rings is 1. The minimum Gasteiger partial charge on any atom is -0.503 e. The van der Waals surface area contributed by atoms with Crippen LogP contribution >= 0.6 is 23.1 Å². The number of nitrogens with zero attached hydrogens (tertiary/aromatic N) is 1. The summed E-state index contributed by atoms with van der Waals surface area (Å²) in [5, 5.41) is 9.44. The molecular weight excluding hydrogens is 330 g/mol. The lowest BCUT2D eigenvalue weighted by atomic mass is 10.2. The molecule has 118 valence electrons. The molecule has 0 unspecified atom stereocenters. The second kappa shape index (κ2) is 6.93. The Morgan fingerprint density at radius 2 is 1.96 bits per heavy atom. The Kier molecular flexibility index (Phi) is 4.73. The van der Waals surface area contributed by atoms with Gasteiger partial charge in [-0.3, -0.25) is 4.79 Å². The molecular formula is C17H15NO3S2. The largest absolute Gasteiger partial charge is 0.503 e. The lowest BCUT2D eigenvalue weighted by Gasteiger charge is -2.04. The molecule has 0 radical (unpaired) electrons. The van der Waals surface area contributed by atoms with E-state index in [2.05, 4.69) is 6.07 Å². The average molecular weight is 345 g/mol. The van der Waals surface area contributed by atoms with E-state index in [4.69, 9.17) is 4.74 Å². The van der Waals surface area contributed by atoms with Gasteiger partial charge in [-0.15, -0.1) is 11.3 Å². The van der Waals surface area contributed by atoms with Crippen LogP contribution in [0.3, 0.4) is 0 Å². The van der Waals surface area contributed by atoms with Crippen molar-refractivity contribution < 1.29 is 9.84 Å². The number of benzene rings is 1. The van der Waals surface area contributed by atoms with Crippen LogP contribution in [0.2, 0.25) is 0 Å². The average Bonchev–Trinajstić information content (AvgIpc) is 3.05. The highest BCUT2D eigenvalue weighted by molar-refractivity contribution is 8.00. The Morgan fingerprint density at radius 3 is 2.70 bits per heavy atom. The third-order valence-corrected chi connectivity index (χ3v) is 5.66. The van der Waals surface area contributed by atoms with Crippen molar-refractivity contribution in [1.29, 1.82) is 0 Å². The summed E-state index contributed by atoms with van der Waals surface area (Å²) in [6.45, 7) is 0. The van der Waals surface area contributed by atoms with Crippen LogP contribution in [0, 0.1) is 0 Å². The van der Waals surface area contributed by atoms with Crippen LogP contribution in [0.5, 0.6) is 11.5 Å². The molecule has 1 aromatic carbocycles. The minimum atomic E-state index is -0.369. The van der Waals surface area contributed by atoms with Gasteiger partial charge in [0.25, 0.3) is 5.56 Å². The van der Waals surface area contributed by atoms with E-state index in [1.165, 1.54) is 15.5 Å². The third-order valence-electron chi connectivity index (χ3n) is 3.30. The van der Waals surface area contributed by atoms with Crippen molar-refractivity contribution in [3.05, 3.63) is 65.1 Å². The topological polar surface area (TPSA) is 51.5 Å². The van der Waals surface area contributed by atoms with Crippen LogP contribution in [0.4, 0.5) is 0 Å². The Morgan fingerprint density at radius 1 is 1.17 bits per heavy atom. The summed E-state index contributed by atoms with van der Waals surface area (Å²) in [5.41, 5.74) is 0.768. The molecule has 23 heavy (non-hydrogen) atoms. The molecule has 0 aliphatic rings. The molecule has 0 fully saturated rings. The van der Waals surface area contributed by atoms with Crippen LogP contribution in [0.1, 0.15) is 0 Å². The SMILES string of the molecule is COc1ccc(-c2ccc(SCn3cccc(O)c3=O)s2)cc1. The smallest absolute Gasteiger partial charge is 0.293 e. The maximum Gasteiger partial charge on any atom is 0.293 e. The first-order chi connectivity index (χ1) is 11.2. The number of thiophene rings is 1. The van der Waals surface area contributed by atoms with Gasteiger partial charge in [-0.25, -0.2) is 0 Å². The Hall–Kier alpha value is -2.18. The Labute approximate surface area is 142 Å². The first-order valence-electron chi connectivity index (χ1n) is 6.93. The molecule has 2 aromatic heterocycles. The number of methoxy groups -OCH3 is 1. The van der Waals surface area contributed by atoms with Crippen molar-refractivity contribution in [2.45, 2.75) is 10.1 Å². The first-order valence-corrected chi connectivity index (χ1v) is 8.73. The van der Waals surface area contributed by atoms with E-state index in [0.29, 0.717) is 5.88 Å². The van der Waals surface area contributed by atoms with E-state index < -0.39 is 0 Å². The number of hydrogen-bond acceptors (Lipinski definition) is 5. The van der Waals surface area contributed by atoms with Gasteiger partial charge >= 0.3 is 0 Å². The quantitative estimate of drug-likeness (QED) is 0.709. The van der Waals surface area contributed by atoms with Gasteiger partial charge in [-0.1, -0.05) is 11.8 Å². The third kappa shape index (κ3) is 3.60. The van der Waals surface area contributed by atoms with Crippen LogP contribution in [-0.2, 0) is 5.88 Å². The van der Waals surface area contributed by atoms with Crippen molar-refractivity contribution in [1.82, 2.24) is 4.57 Å². The highest BCUT2D eigenvalue weighted by Gasteiger charge is 2.06. The standard InChI is InChI=1S/C17H15NO3S2/c1-21-13-6-4-12(5-7-13)15-8-9-16(23-15)22-11-18-10-2-3-14(19)17(18)20/h2-10,19H,11H2,1H3. The lowest BCUT2D eigenvalue weighted by Crippen LogP contribution is -2.16. The molecule has 0 spiro atoms. The number of ether oxygens (including phenoxy) is 1. The summed E-state index contributed by atoms with van der Waals surface area (Å²) in [7, 11) is 1.65. The monoisotopic (exact) mass is 345 g/mol. The minimum absolute atomic E-state index is 0.224. The van der Waals surface area contributed by atoms with Gasteiger partial charge in [0.15, 0.2) is 5.75 Å². The molecule has 2 heterocycles. The first kappa shape index (κ1) is 15.7. The number of rotatable bonds is 5. The van der Waals surface area contributed by atoms with Gasteiger partial charge in [0.05, 0.1) is 17.2 Å². The molecule has 0 aliphatic carbocycles. The highest BCUT2D eigenvalue weighted by Crippen LogP contribution is 2.35. The van der Waals surface area contributed by atoms with E-state index >= 15 is 0 Å². The summed E-state index contributed by atoms with van der Waals surface area (Å²) in [6, 6.07) is 15.1. The van der Waals surface area contributed by atoms with Crippen molar-refractivity contribution in [3.8, 4) is 21.9 Å². The second-order valence-corrected chi connectivity index (χ2v) is 7.12. The maximum absolute atomic E-state index is 11.8. The van der Waals surface area contributed by atoms with Gasteiger partial charge in [0.1, 0.15) is 5.75 Å². The zero-order chi connectivity index (χ0) is 16.2.